The van der Waals surface area contributed by atoms with Crippen LogP contribution in [-0.2, 0) is 17.6 Å². The maximum atomic E-state index is 12.3. The van der Waals surface area contributed by atoms with Crippen LogP contribution in [0.1, 0.15) is 67.9 Å². The first-order chi connectivity index (χ1) is 18.9. The van der Waals surface area contributed by atoms with E-state index in [1.807, 2.05) is 60.8 Å². The van der Waals surface area contributed by atoms with E-state index < -0.39 is 11.6 Å². The predicted octanol–water partition coefficient (Wildman–Crippen LogP) is 7.85. The fourth-order valence-corrected chi connectivity index (χ4v) is 5.81. The van der Waals surface area contributed by atoms with Crippen molar-refractivity contribution in [3.05, 3.63) is 88.3 Å². The minimum absolute atomic E-state index is 0.216. The predicted molar refractivity (Wildman–Crippen MR) is 153 cm³/mol. The van der Waals surface area contributed by atoms with Crippen molar-refractivity contribution in [3.8, 4) is 22.6 Å². The average Bonchev–Trinajstić information content (AvgIpc) is 3.61. The molecule has 2 aromatic carbocycles. The molecule has 7 heteroatoms. The number of aliphatic carboxylic acids is 1. The summed E-state index contributed by atoms with van der Waals surface area (Å²) >= 11 is 1.62. The van der Waals surface area contributed by atoms with Crippen molar-refractivity contribution in [2.45, 2.75) is 70.3 Å². The van der Waals surface area contributed by atoms with Crippen LogP contribution in [0.25, 0.3) is 11.1 Å². The lowest BCUT2D eigenvalue weighted by Crippen LogP contribution is -2.43. The van der Waals surface area contributed by atoms with Crippen LogP contribution in [0.2, 0.25) is 0 Å². The highest BCUT2D eigenvalue weighted by atomic mass is 32.1. The van der Waals surface area contributed by atoms with Gasteiger partial charge in [-0.25, -0.2) is 9.78 Å². The van der Waals surface area contributed by atoms with Gasteiger partial charge in [0.25, 0.3) is 0 Å². The number of thiophene rings is 1. The van der Waals surface area contributed by atoms with Crippen LogP contribution in [0, 0.1) is 6.92 Å². The van der Waals surface area contributed by atoms with Crippen molar-refractivity contribution in [1.29, 1.82) is 0 Å². The molecule has 39 heavy (non-hydrogen) atoms. The Hall–Kier alpha value is -3.58. The summed E-state index contributed by atoms with van der Waals surface area (Å²) in [5.41, 5.74) is 2.47. The number of carboxylic acid groups (broad SMARTS) is 1. The Morgan fingerprint density at radius 1 is 1.08 bits per heavy atom. The van der Waals surface area contributed by atoms with E-state index in [0.717, 1.165) is 52.6 Å². The van der Waals surface area contributed by atoms with Gasteiger partial charge in [0.1, 0.15) is 17.3 Å². The third kappa shape index (κ3) is 6.71. The summed E-state index contributed by atoms with van der Waals surface area (Å²) < 4.78 is 18.0. The number of oxazole rings is 1. The van der Waals surface area contributed by atoms with E-state index in [1.54, 1.807) is 24.3 Å². The third-order valence-electron chi connectivity index (χ3n) is 7.42. The summed E-state index contributed by atoms with van der Waals surface area (Å²) in [7, 11) is 0. The van der Waals surface area contributed by atoms with E-state index >= 15 is 0 Å². The number of hydrogen-bond donors (Lipinski definition) is 1. The molecular weight excluding hydrogens is 510 g/mol. The molecule has 0 radical (unpaired) electrons. The summed E-state index contributed by atoms with van der Waals surface area (Å²) in [4.78, 5) is 17.0. The second kappa shape index (κ2) is 12.1. The summed E-state index contributed by atoms with van der Waals surface area (Å²) in [5.74, 6) is 2.45. The van der Waals surface area contributed by atoms with E-state index in [9.17, 15) is 9.90 Å². The highest BCUT2D eigenvalue weighted by molar-refractivity contribution is 7.08. The Labute approximate surface area is 233 Å². The molecule has 1 aliphatic rings. The third-order valence-corrected chi connectivity index (χ3v) is 8.10. The number of hydrogen-bond acceptors (Lipinski definition) is 6. The zero-order valence-electron chi connectivity index (χ0n) is 22.5. The van der Waals surface area contributed by atoms with E-state index in [2.05, 4.69) is 5.38 Å². The first-order valence-corrected chi connectivity index (χ1v) is 14.6. The zero-order valence-corrected chi connectivity index (χ0v) is 23.3. The molecule has 0 saturated heterocycles. The quantitative estimate of drug-likeness (QED) is 0.207. The molecule has 0 spiro atoms. The minimum atomic E-state index is -1.42. The zero-order chi connectivity index (χ0) is 27.2. The fraction of sp³-hybridized carbons (Fsp3) is 0.375. The van der Waals surface area contributed by atoms with Crippen LogP contribution in [0.5, 0.6) is 11.5 Å². The number of carboxylic acids is 1. The first-order valence-electron chi connectivity index (χ1n) is 13.6. The van der Waals surface area contributed by atoms with Gasteiger partial charge in [0.2, 0.25) is 5.60 Å². The molecule has 1 atom stereocenters. The molecule has 5 rings (SSSR count). The van der Waals surface area contributed by atoms with Crippen molar-refractivity contribution >= 4 is 17.3 Å². The first kappa shape index (κ1) is 27.0. The number of rotatable bonds is 11. The minimum Gasteiger partial charge on any atom is -0.493 e. The molecule has 1 N–H and O–H groups in total. The van der Waals surface area contributed by atoms with Crippen molar-refractivity contribution in [2.75, 3.05) is 6.61 Å². The van der Waals surface area contributed by atoms with Crippen molar-refractivity contribution in [2.24, 2.45) is 0 Å². The fourth-order valence-electron chi connectivity index (χ4n) is 5.15. The molecule has 1 fully saturated rings. The molecule has 0 amide bonds. The van der Waals surface area contributed by atoms with Gasteiger partial charge in [-0.05, 0) is 84.5 Å². The van der Waals surface area contributed by atoms with Crippen LogP contribution in [-0.4, -0.2) is 28.3 Å². The number of nitrogens with zero attached hydrogens (tertiary/aromatic N) is 1. The SMILES string of the molecule is Cc1oc(C2CCCCC2)nc1CCOc1ccc(CC(C)(Oc2cccc(-c3ccsc3)c2)C(=O)O)cc1. The summed E-state index contributed by atoms with van der Waals surface area (Å²) in [6.07, 6.45) is 7.03. The highest BCUT2D eigenvalue weighted by Gasteiger charge is 2.36. The lowest BCUT2D eigenvalue weighted by Gasteiger charge is -2.27. The Morgan fingerprint density at radius 2 is 1.87 bits per heavy atom. The largest absolute Gasteiger partial charge is 0.493 e. The van der Waals surface area contributed by atoms with E-state index in [1.165, 1.54) is 19.3 Å². The molecule has 6 nitrogen and oxygen atoms in total. The molecule has 2 heterocycles. The summed E-state index contributed by atoms with van der Waals surface area (Å²) in [6.45, 7) is 4.08. The van der Waals surface area contributed by atoms with Crippen molar-refractivity contribution in [3.63, 3.8) is 0 Å². The van der Waals surface area contributed by atoms with Crippen LogP contribution in [0.3, 0.4) is 0 Å². The Bertz CT molecular complexity index is 1370. The Kier molecular flexibility index (Phi) is 8.36. The van der Waals surface area contributed by atoms with Gasteiger partial charge in [-0.2, -0.15) is 11.3 Å². The van der Waals surface area contributed by atoms with Gasteiger partial charge in [-0.1, -0.05) is 43.5 Å². The van der Waals surface area contributed by atoms with Gasteiger partial charge in [0.15, 0.2) is 5.89 Å². The topological polar surface area (TPSA) is 81.8 Å². The molecule has 4 aromatic rings. The maximum Gasteiger partial charge on any atom is 0.348 e. The van der Waals surface area contributed by atoms with Crippen molar-refractivity contribution < 1.29 is 23.8 Å². The second-order valence-corrected chi connectivity index (χ2v) is 11.3. The number of carbonyl (C=O) groups is 1. The van der Waals surface area contributed by atoms with Gasteiger partial charge >= 0.3 is 5.97 Å². The Morgan fingerprint density at radius 3 is 2.59 bits per heavy atom. The number of aryl methyl sites for hydroxylation is 1. The van der Waals surface area contributed by atoms with E-state index in [-0.39, 0.29) is 6.42 Å². The summed E-state index contributed by atoms with van der Waals surface area (Å²) in [5, 5.41) is 14.1. The number of ether oxygens (including phenoxy) is 2. The van der Waals surface area contributed by atoms with Crippen LogP contribution < -0.4 is 9.47 Å². The molecule has 0 bridgehead atoms. The van der Waals surface area contributed by atoms with Gasteiger partial charge in [-0.15, -0.1) is 0 Å². The molecule has 2 aromatic heterocycles. The van der Waals surface area contributed by atoms with Crippen LogP contribution >= 0.6 is 11.3 Å². The van der Waals surface area contributed by atoms with Crippen LogP contribution in [0.15, 0.2) is 69.8 Å². The molecule has 204 valence electrons. The lowest BCUT2D eigenvalue weighted by molar-refractivity contribution is -0.153. The molecule has 0 aliphatic heterocycles. The molecule has 1 unspecified atom stereocenters. The average molecular weight is 546 g/mol. The maximum absolute atomic E-state index is 12.3. The smallest absolute Gasteiger partial charge is 0.348 e. The Balaban J connectivity index is 1.17. The van der Waals surface area contributed by atoms with Crippen LogP contribution in [0.4, 0.5) is 0 Å². The molecular formula is C32H35NO5S. The highest BCUT2D eigenvalue weighted by Crippen LogP contribution is 2.33. The normalized spacial score (nSPS) is 15.5. The monoisotopic (exact) mass is 545 g/mol. The number of aromatic nitrogens is 1. The van der Waals surface area contributed by atoms with Gasteiger partial charge in [0, 0.05) is 18.8 Å². The van der Waals surface area contributed by atoms with E-state index in [4.69, 9.17) is 18.9 Å². The molecule has 1 saturated carbocycles. The van der Waals surface area contributed by atoms with Gasteiger partial charge < -0.3 is 19.0 Å². The standard InChI is InChI=1S/C32H35NO5S/c1-22-29(33-30(37-22)24-7-4-3-5-8-24)15-17-36-27-13-11-23(12-14-27)20-32(2,31(34)35)38-28-10-6-9-25(19-28)26-16-18-39-21-26/h6,9-14,16,18-19,21,24H,3-5,7-8,15,17,20H2,1-2H3,(H,34,35). The van der Waals surface area contributed by atoms with Gasteiger partial charge in [-0.3, -0.25) is 0 Å². The number of benzene rings is 2. The second-order valence-electron chi connectivity index (χ2n) is 10.5. The van der Waals surface area contributed by atoms with E-state index in [0.29, 0.717) is 24.7 Å². The summed E-state index contributed by atoms with van der Waals surface area (Å²) in [6, 6.07) is 17.1. The van der Waals surface area contributed by atoms with Crippen molar-refractivity contribution in [1.82, 2.24) is 4.98 Å². The molecule has 1 aliphatic carbocycles. The van der Waals surface area contributed by atoms with Gasteiger partial charge in [0.05, 0.1) is 12.3 Å². The lowest BCUT2D eigenvalue weighted by atomic mass is 9.89.